The summed E-state index contributed by atoms with van der Waals surface area (Å²) in [6, 6.07) is 16.2. The summed E-state index contributed by atoms with van der Waals surface area (Å²) in [5.41, 5.74) is 2.84. The van der Waals surface area contributed by atoms with Gasteiger partial charge in [-0.25, -0.2) is 4.79 Å². The number of nitrogens with one attached hydrogen (secondary N) is 2. The number of para-hydroxylation sites is 1. The van der Waals surface area contributed by atoms with E-state index in [9.17, 15) is 9.59 Å². The first-order chi connectivity index (χ1) is 13.7. The van der Waals surface area contributed by atoms with Crippen molar-refractivity contribution in [3.63, 3.8) is 0 Å². The zero-order valence-electron chi connectivity index (χ0n) is 16.2. The minimum Gasteiger partial charge on any atom is -0.382 e. The van der Waals surface area contributed by atoms with E-state index in [1.165, 1.54) is 0 Å². The van der Waals surface area contributed by atoms with Gasteiger partial charge in [-0.1, -0.05) is 48.5 Å². The van der Waals surface area contributed by atoms with Crippen LogP contribution in [0.4, 0.5) is 10.5 Å². The zero-order chi connectivity index (χ0) is 19.8. The van der Waals surface area contributed by atoms with Gasteiger partial charge in [-0.2, -0.15) is 0 Å². The smallest absolute Gasteiger partial charge is 0.315 e. The molecule has 0 saturated heterocycles. The van der Waals surface area contributed by atoms with Crippen molar-refractivity contribution < 1.29 is 14.3 Å². The van der Waals surface area contributed by atoms with Crippen LogP contribution >= 0.6 is 0 Å². The highest BCUT2D eigenvalue weighted by atomic mass is 16.5. The zero-order valence-corrected chi connectivity index (χ0v) is 16.2. The summed E-state index contributed by atoms with van der Waals surface area (Å²) in [6.07, 6.45) is 1.55. The molecule has 6 nitrogen and oxygen atoms in total. The molecule has 148 valence electrons. The van der Waals surface area contributed by atoms with Crippen LogP contribution in [0.1, 0.15) is 30.5 Å². The Morgan fingerprint density at radius 1 is 1.11 bits per heavy atom. The summed E-state index contributed by atoms with van der Waals surface area (Å²) < 4.78 is 5.27. The molecule has 1 heterocycles. The molecule has 0 aliphatic carbocycles. The van der Waals surface area contributed by atoms with Gasteiger partial charge in [0.05, 0.1) is 0 Å². The first-order valence-electron chi connectivity index (χ1n) is 9.77. The Hall–Kier alpha value is -2.86. The number of carbonyl (C=O) groups excluding carboxylic acids is 2. The highest BCUT2D eigenvalue weighted by Gasteiger charge is 2.31. The normalized spacial score (nSPS) is 13.7. The van der Waals surface area contributed by atoms with E-state index >= 15 is 0 Å². The minimum atomic E-state index is -0.737. The third-order valence-corrected chi connectivity index (χ3v) is 4.76. The fourth-order valence-corrected chi connectivity index (χ4v) is 3.36. The Kier molecular flexibility index (Phi) is 7.03. The van der Waals surface area contributed by atoms with E-state index in [-0.39, 0.29) is 11.9 Å². The van der Waals surface area contributed by atoms with Gasteiger partial charge in [-0.3, -0.25) is 4.79 Å². The van der Waals surface area contributed by atoms with Crippen LogP contribution in [-0.2, 0) is 16.0 Å². The summed E-state index contributed by atoms with van der Waals surface area (Å²) in [6.45, 7) is 4.32. The van der Waals surface area contributed by atoms with E-state index in [2.05, 4.69) is 10.6 Å². The average molecular weight is 381 g/mol. The summed E-state index contributed by atoms with van der Waals surface area (Å²) in [7, 11) is 0. The second-order valence-corrected chi connectivity index (χ2v) is 6.66. The molecule has 1 aliphatic heterocycles. The molecule has 3 rings (SSSR count). The standard InChI is InChI=1S/C22H27N3O3/c1-2-28-16-8-14-23-22(27)24-20(18-10-4-3-5-11-18)21(26)25-15-13-17-9-6-7-12-19(17)25/h3-7,9-12,20H,2,8,13-16H2,1H3,(H2,23,24,27)/t20-/m0/s1. The number of carbonyl (C=O) groups is 2. The second-order valence-electron chi connectivity index (χ2n) is 6.66. The molecule has 3 amide bonds. The molecule has 0 saturated carbocycles. The Morgan fingerprint density at radius 2 is 1.86 bits per heavy atom. The Bertz CT molecular complexity index is 795. The van der Waals surface area contributed by atoms with Gasteiger partial charge in [0.1, 0.15) is 6.04 Å². The number of anilines is 1. The summed E-state index contributed by atoms with van der Waals surface area (Å²) in [5.74, 6) is -0.124. The number of urea groups is 1. The van der Waals surface area contributed by atoms with Crippen molar-refractivity contribution in [2.75, 3.05) is 31.2 Å². The van der Waals surface area contributed by atoms with Crippen LogP contribution in [0, 0.1) is 0 Å². The number of benzene rings is 2. The quantitative estimate of drug-likeness (QED) is 0.691. The number of amides is 3. The molecule has 2 aromatic rings. The van der Waals surface area contributed by atoms with Crippen LogP contribution in [0.5, 0.6) is 0 Å². The molecule has 2 aromatic carbocycles. The number of rotatable bonds is 8. The van der Waals surface area contributed by atoms with Gasteiger partial charge in [0.25, 0.3) is 5.91 Å². The molecule has 0 bridgehead atoms. The van der Waals surface area contributed by atoms with E-state index in [0.717, 1.165) is 29.7 Å². The van der Waals surface area contributed by atoms with Crippen molar-refractivity contribution in [1.82, 2.24) is 10.6 Å². The van der Waals surface area contributed by atoms with E-state index < -0.39 is 6.04 Å². The summed E-state index contributed by atoms with van der Waals surface area (Å²) >= 11 is 0. The molecule has 28 heavy (non-hydrogen) atoms. The van der Waals surface area contributed by atoms with Gasteiger partial charge >= 0.3 is 6.03 Å². The number of nitrogens with zero attached hydrogens (tertiary/aromatic N) is 1. The minimum absolute atomic E-state index is 0.124. The molecule has 0 fully saturated rings. The lowest BCUT2D eigenvalue weighted by Crippen LogP contribution is -2.46. The van der Waals surface area contributed by atoms with Crippen LogP contribution in [-0.4, -0.2) is 38.2 Å². The molecule has 6 heteroatoms. The number of hydrogen-bond donors (Lipinski definition) is 2. The average Bonchev–Trinajstić information content (AvgIpc) is 3.16. The Morgan fingerprint density at radius 3 is 2.64 bits per heavy atom. The third-order valence-electron chi connectivity index (χ3n) is 4.76. The molecule has 1 aliphatic rings. The number of ether oxygens (including phenoxy) is 1. The van der Waals surface area contributed by atoms with Crippen LogP contribution < -0.4 is 15.5 Å². The van der Waals surface area contributed by atoms with E-state index in [4.69, 9.17) is 4.74 Å². The highest BCUT2D eigenvalue weighted by molar-refractivity contribution is 6.01. The van der Waals surface area contributed by atoms with Gasteiger partial charge in [-0.05, 0) is 37.0 Å². The lowest BCUT2D eigenvalue weighted by atomic mass is 10.1. The predicted molar refractivity (Wildman–Crippen MR) is 109 cm³/mol. The van der Waals surface area contributed by atoms with Crippen molar-refractivity contribution in [2.45, 2.75) is 25.8 Å². The van der Waals surface area contributed by atoms with Crippen LogP contribution in [0.3, 0.4) is 0 Å². The maximum Gasteiger partial charge on any atom is 0.315 e. The Labute approximate surface area is 165 Å². The van der Waals surface area contributed by atoms with Crippen molar-refractivity contribution in [2.24, 2.45) is 0 Å². The fraction of sp³-hybridized carbons (Fsp3) is 0.364. The van der Waals surface area contributed by atoms with Gasteiger partial charge in [-0.15, -0.1) is 0 Å². The molecular weight excluding hydrogens is 354 g/mol. The van der Waals surface area contributed by atoms with Gasteiger partial charge in [0, 0.05) is 32.0 Å². The fourth-order valence-electron chi connectivity index (χ4n) is 3.36. The van der Waals surface area contributed by atoms with E-state index in [1.807, 2.05) is 61.5 Å². The maximum absolute atomic E-state index is 13.3. The predicted octanol–water partition coefficient (Wildman–Crippen LogP) is 3.04. The van der Waals surface area contributed by atoms with Crippen molar-refractivity contribution in [3.8, 4) is 0 Å². The topological polar surface area (TPSA) is 70.7 Å². The summed E-state index contributed by atoms with van der Waals surface area (Å²) in [5, 5.41) is 5.66. The third kappa shape index (κ3) is 4.89. The molecule has 0 unspecified atom stereocenters. The summed E-state index contributed by atoms with van der Waals surface area (Å²) in [4.78, 5) is 27.5. The number of fused-ring (bicyclic) bond motifs is 1. The second kappa shape index (κ2) is 9.90. The van der Waals surface area contributed by atoms with Gasteiger partial charge in [0.2, 0.25) is 0 Å². The monoisotopic (exact) mass is 381 g/mol. The van der Waals surface area contributed by atoms with Gasteiger partial charge < -0.3 is 20.3 Å². The first-order valence-corrected chi connectivity index (χ1v) is 9.77. The highest BCUT2D eigenvalue weighted by Crippen LogP contribution is 2.30. The van der Waals surface area contributed by atoms with Crippen molar-refractivity contribution in [1.29, 1.82) is 0 Å². The molecular formula is C22H27N3O3. The lowest BCUT2D eigenvalue weighted by molar-refractivity contribution is -0.120. The van der Waals surface area contributed by atoms with Crippen molar-refractivity contribution >= 4 is 17.6 Å². The largest absolute Gasteiger partial charge is 0.382 e. The van der Waals surface area contributed by atoms with Crippen LogP contribution in [0.2, 0.25) is 0 Å². The van der Waals surface area contributed by atoms with Crippen molar-refractivity contribution in [3.05, 3.63) is 65.7 Å². The lowest BCUT2D eigenvalue weighted by Gasteiger charge is -2.25. The SMILES string of the molecule is CCOCCCNC(=O)N[C@H](C(=O)N1CCc2ccccc21)c1ccccc1. The maximum atomic E-state index is 13.3. The van der Waals surface area contributed by atoms with E-state index in [0.29, 0.717) is 26.3 Å². The van der Waals surface area contributed by atoms with Crippen LogP contribution in [0.15, 0.2) is 54.6 Å². The molecule has 0 spiro atoms. The molecule has 2 N–H and O–H groups in total. The molecule has 0 aromatic heterocycles. The first kappa shape index (κ1) is 19.9. The number of hydrogen-bond acceptors (Lipinski definition) is 3. The van der Waals surface area contributed by atoms with E-state index in [1.54, 1.807) is 4.90 Å². The van der Waals surface area contributed by atoms with Gasteiger partial charge in [0.15, 0.2) is 0 Å². The molecule has 0 radical (unpaired) electrons. The molecule has 1 atom stereocenters. The van der Waals surface area contributed by atoms with Crippen LogP contribution in [0.25, 0.3) is 0 Å². The Balaban J connectivity index is 1.70.